The Labute approximate surface area is 203 Å². The van der Waals surface area contributed by atoms with Gasteiger partial charge in [0.25, 0.3) is 5.91 Å². The molecule has 8 nitrogen and oxygen atoms in total. The van der Waals surface area contributed by atoms with Crippen molar-refractivity contribution in [1.82, 2.24) is 10.2 Å². The molecule has 3 atom stereocenters. The van der Waals surface area contributed by atoms with Crippen LogP contribution >= 0.6 is 11.8 Å². The zero-order valence-electron chi connectivity index (χ0n) is 14.8. The number of β-lactam (4-membered cyclic amide) rings is 1. The van der Waals surface area contributed by atoms with Gasteiger partial charge in [-0.2, -0.15) is 0 Å². The number of carboxylic acid groups (broad SMARTS) is 1. The van der Waals surface area contributed by atoms with Crippen molar-refractivity contribution in [2.24, 2.45) is 0 Å². The normalized spacial score (nSPS) is 25.0. The molecule has 1 aromatic rings. The van der Waals surface area contributed by atoms with Gasteiger partial charge in [0, 0.05) is 4.75 Å². The molecule has 2 aliphatic rings. The summed E-state index contributed by atoms with van der Waals surface area (Å²) >= 11 is 1.37. The number of amides is 2. The molecule has 2 N–H and O–H groups in total. The van der Waals surface area contributed by atoms with Crippen molar-refractivity contribution in [3.63, 3.8) is 0 Å². The van der Waals surface area contributed by atoms with Gasteiger partial charge in [-0.1, -0.05) is 6.07 Å². The fourth-order valence-corrected chi connectivity index (χ4v) is 5.06. The second-order valence-corrected chi connectivity index (χ2v) is 8.36. The van der Waals surface area contributed by atoms with Gasteiger partial charge in [0.2, 0.25) is 5.91 Å². The molecule has 2 amide bonds. The molecule has 0 bridgehead atoms. The monoisotopic (exact) mass is 420 g/mol. The molecule has 27 heavy (non-hydrogen) atoms. The summed E-state index contributed by atoms with van der Waals surface area (Å²) in [6, 6.07) is 3.24. The predicted molar refractivity (Wildman–Crippen MR) is 102 cm³/mol. The Morgan fingerprint density at radius 2 is 1.78 bits per heavy atom. The number of ether oxygens (including phenoxy) is 2. The van der Waals surface area contributed by atoms with E-state index in [4.69, 9.17) is 9.47 Å². The Balaban J connectivity index is 0.00000261. The van der Waals surface area contributed by atoms with Crippen LogP contribution in [0.5, 0.6) is 11.5 Å². The molecule has 2 aliphatic heterocycles. The van der Waals surface area contributed by atoms with Crippen LogP contribution < -0.4 is 14.8 Å². The number of nitrogens with one attached hydrogen (secondary N) is 1. The van der Waals surface area contributed by atoms with E-state index in [1.807, 2.05) is 0 Å². The third kappa shape index (κ3) is 3.75. The number of nitrogens with zero attached hydrogens (tertiary/aromatic N) is 1. The van der Waals surface area contributed by atoms with Crippen molar-refractivity contribution in [3.8, 4) is 11.5 Å². The average Bonchev–Trinajstić information content (AvgIpc) is 2.86. The van der Waals surface area contributed by atoms with Gasteiger partial charge < -0.3 is 24.8 Å². The molecular weight excluding hydrogens is 399 g/mol. The number of benzene rings is 1. The molecule has 0 spiro atoms. The Bertz CT molecular complexity index is 764. The first-order chi connectivity index (χ1) is 12.2. The Morgan fingerprint density at radius 1 is 1.22 bits per heavy atom. The van der Waals surface area contributed by atoms with E-state index in [1.54, 1.807) is 32.0 Å². The molecule has 142 valence electrons. The number of hydrogen-bond donors (Lipinski definition) is 2. The van der Waals surface area contributed by atoms with Crippen molar-refractivity contribution < 1.29 is 29.0 Å². The minimum atomic E-state index is -1.05. The first-order valence-electron chi connectivity index (χ1n) is 7.97. The SMILES string of the molecule is COc1cccc(OC)c1C(=O)N[C@@H]1C(=O)N2[C@@H]1SC(C)(C)[C@@H]2C(=O)O.[KH]. The summed E-state index contributed by atoms with van der Waals surface area (Å²) in [5.41, 5.74) is 0.195. The maximum absolute atomic E-state index is 12.8. The second kappa shape index (κ2) is 8.30. The number of carboxylic acids is 1. The number of fused-ring (bicyclic) bond motifs is 1. The van der Waals surface area contributed by atoms with E-state index in [9.17, 15) is 19.5 Å². The molecule has 3 rings (SSSR count). The molecule has 0 aliphatic carbocycles. The van der Waals surface area contributed by atoms with E-state index in [1.165, 1.54) is 30.9 Å². The average molecular weight is 421 g/mol. The van der Waals surface area contributed by atoms with Crippen molar-refractivity contribution in [2.75, 3.05) is 14.2 Å². The van der Waals surface area contributed by atoms with Crippen LogP contribution in [0.4, 0.5) is 0 Å². The van der Waals surface area contributed by atoms with E-state index in [0.29, 0.717) is 11.5 Å². The second-order valence-electron chi connectivity index (χ2n) is 6.59. The van der Waals surface area contributed by atoms with Crippen molar-refractivity contribution in [2.45, 2.75) is 36.1 Å². The first-order valence-corrected chi connectivity index (χ1v) is 8.85. The summed E-state index contributed by atoms with van der Waals surface area (Å²) < 4.78 is 9.79. The van der Waals surface area contributed by atoms with Gasteiger partial charge in [0.1, 0.15) is 34.5 Å². The molecule has 2 fully saturated rings. The minimum absolute atomic E-state index is 0. The number of methoxy groups -OCH3 is 2. The number of rotatable bonds is 5. The molecule has 10 heteroatoms. The Morgan fingerprint density at radius 3 is 2.26 bits per heavy atom. The van der Waals surface area contributed by atoms with E-state index >= 15 is 0 Å². The van der Waals surface area contributed by atoms with Crippen molar-refractivity contribution in [3.05, 3.63) is 23.8 Å². The van der Waals surface area contributed by atoms with Gasteiger partial charge in [-0.15, -0.1) is 11.8 Å². The fraction of sp³-hybridized carbons (Fsp3) is 0.471. The number of carbonyl (C=O) groups is 3. The molecule has 2 heterocycles. The molecule has 2 saturated heterocycles. The van der Waals surface area contributed by atoms with Gasteiger partial charge in [-0.3, -0.25) is 9.59 Å². The van der Waals surface area contributed by atoms with Crippen molar-refractivity contribution in [1.29, 1.82) is 0 Å². The standard InChI is InChI=1S/C17H20N2O6S.K.H/c1-17(2)12(16(22)23)19-14(21)11(15(19)26-17)18-13(20)10-8(24-3)6-5-7-9(10)25-4;;/h5-7,11-12,15H,1-4H3,(H,18,20)(H,22,23);;/t11-,12+,15-;;/m1../s1. The fourth-order valence-electron chi connectivity index (χ4n) is 3.43. The van der Waals surface area contributed by atoms with Gasteiger partial charge in [0.05, 0.1) is 14.2 Å². The summed E-state index contributed by atoms with van der Waals surface area (Å²) in [5, 5.41) is 11.7. The summed E-state index contributed by atoms with van der Waals surface area (Å²) in [6.07, 6.45) is 0. The summed E-state index contributed by atoms with van der Waals surface area (Å²) in [7, 11) is 2.88. The van der Waals surface area contributed by atoms with Gasteiger partial charge >= 0.3 is 57.4 Å². The van der Waals surface area contributed by atoms with Crippen LogP contribution in [-0.4, -0.2) is 116 Å². The van der Waals surface area contributed by atoms with E-state index in [2.05, 4.69) is 5.32 Å². The molecule has 0 unspecified atom stereocenters. The Hall–Kier alpha value is -0.784. The first kappa shape index (κ1) is 22.5. The summed E-state index contributed by atoms with van der Waals surface area (Å²) in [6.45, 7) is 3.56. The predicted octanol–water partition coefficient (Wildman–Crippen LogP) is 0.301. The third-order valence-electron chi connectivity index (χ3n) is 4.62. The Kier molecular flexibility index (Phi) is 6.92. The molecule has 0 radical (unpaired) electrons. The van der Waals surface area contributed by atoms with Crippen LogP contribution in [0.25, 0.3) is 0 Å². The van der Waals surface area contributed by atoms with Gasteiger partial charge in [-0.05, 0) is 26.0 Å². The number of carbonyl (C=O) groups excluding carboxylic acids is 2. The van der Waals surface area contributed by atoms with E-state index in [-0.39, 0.29) is 56.9 Å². The number of hydrogen-bond acceptors (Lipinski definition) is 6. The molecule has 0 aromatic heterocycles. The van der Waals surface area contributed by atoms with Gasteiger partial charge in [0.15, 0.2) is 0 Å². The van der Waals surface area contributed by atoms with E-state index in [0.717, 1.165) is 0 Å². The van der Waals surface area contributed by atoms with E-state index < -0.39 is 40.0 Å². The number of aliphatic carboxylic acids is 1. The maximum atomic E-state index is 12.8. The summed E-state index contributed by atoms with van der Waals surface area (Å²) in [5.74, 6) is -1.30. The quantitative estimate of drug-likeness (QED) is 0.521. The van der Waals surface area contributed by atoms with Crippen LogP contribution in [0.15, 0.2) is 18.2 Å². The zero-order valence-corrected chi connectivity index (χ0v) is 15.6. The zero-order chi connectivity index (χ0) is 19.2. The third-order valence-corrected chi connectivity index (χ3v) is 6.19. The molecular formula is C17H21KN2O6S. The van der Waals surface area contributed by atoms with Crippen LogP contribution in [0.2, 0.25) is 0 Å². The molecule has 1 aromatic carbocycles. The van der Waals surface area contributed by atoms with Crippen LogP contribution in [0.3, 0.4) is 0 Å². The van der Waals surface area contributed by atoms with Crippen LogP contribution in [0, 0.1) is 0 Å². The van der Waals surface area contributed by atoms with Crippen LogP contribution in [-0.2, 0) is 9.59 Å². The van der Waals surface area contributed by atoms with Gasteiger partial charge in [-0.25, -0.2) is 4.79 Å². The summed E-state index contributed by atoms with van der Waals surface area (Å²) in [4.78, 5) is 38.1. The topological polar surface area (TPSA) is 105 Å². The molecule has 0 saturated carbocycles. The van der Waals surface area contributed by atoms with Crippen LogP contribution in [0.1, 0.15) is 24.2 Å². The number of thioether (sulfide) groups is 1. The van der Waals surface area contributed by atoms with Crippen molar-refractivity contribution >= 4 is 80.9 Å².